The normalized spacial score (nSPS) is 22.7. The van der Waals surface area contributed by atoms with E-state index in [4.69, 9.17) is 0 Å². The number of hydrogen-bond acceptors (Lipinski definition) is 3. The van der Waals surface area contributed by atoms with Gasteiger partial charge in [0.15, 0.2) is 0 Å². The molecule has 1 aromatic rings. The van der Waals surface area contributed by atoms with Crippen molar-refractivity contribution in [2.75, 3.05) is 12.3 Å². The molecule has 2 amide bonds. The molecule has 0 spiro atoms. The van der Waals surface area contributed by atoms with Crippen LogP contribution in [0.5, 0.6) is 0 Å². The van der Waals surface area contributed by atoms with E-state index < -0.39 is 0 Å². The minimum absolute atomic E-state index is 0.0511. The van der Waals surface area contributed by atoms with Crippen LogP contribution in [0, 0.1) is 5.92 Å². The van der Waals surface area contributed by atoms with Crippen LogP contribution in [0.4, 0.5) is 0 Å². The zero-order valence-electron chi connectivity index (χ0n) is 10.6. The smallest absolute Gasteiger partial charge is 0.223 e. The predicted octanol–water partition coefficient (Wildman–Crippen LogP) is 1.30. The number of amides is 2. The van der Waals surface area contributed by atoms with E-state index in [0.717, 1.165) is 5.56 Å². The van der Waals surface area contributed by atoms with Gasteiger partial charge in [-0.05, 0) is 12.0 Å². The molecule has 2 rings (SSSR count). The topological polar surface area (TPSA) is 58.2 Å². The maximum absolute atomic E-state index is 12.0. The summed E-state index contributed by atoms with van der Waals surface area (Å²) in [6.45, 7) is 0.538. The molecule has 4 nitrogen and oxygen atoms in total. The largest absolute Gasteiger partial charge is 0.355 e. The van der Waals surface area contributed by atoms with E-state index in [1.807, 2.05) is 30.3 Å². The van der Waals surface area contributed by atoms with Gasteiger partial charge in [-0.3, -0.25) is 9.59 Å². The first kappa shape index (κ1) is 13.9. The summed E-state index contributed by atoms with van der Waals surface area (Å²) in [5.74, 6) is 0.238. The van der Waals surface area contributed by atoms with Gasteiger partial charge in [-0.2, -0.15) is 12.6 Å². The van der Waals surface area contributed by atoms with Crippen molar-refractivity contribution < 1.29 is 9.59 Å². The molecule has 0 radical (unpaired) electrons. The fourth-order valence-corrected chi connectivity index (χ4v) is 2.44. The predicted molar refractivity (Wildman–Crippen MR) is 76.9 cm³/mol. The third kappa shape index (κ3) is 3.73. The summed E-state index contributed by atoms with van der Waals surface area (Å²) in [6, 6.07) is 9.68. The maximum atomic E-state index is 12.0. The molecule has 1 saturated heterocycles. The Bertz CT molecular complexity index is 450. The molecule has 1 heterocycles. The number of hydrogen-bond donors (Lipinski definition) is 3. The van der Waals surface area contributed by atoms with Crippen LogP contribution in [-0.2, 0) is 9.59 Å². The average molecular weight is 278 g/mol. The second-order valence-electron chi connectivity index (χ2n) is 4.68. The Labute approximate surface area is 118 Å². The van der Waals surface area contributed by atoms with Gasteiger partial charge in [-0.1, -0.05) is 30.3 Å². The molecule has 1 aliphatic heterocycles. The number of carbonyl (C=O) groups is 2. The van der Waals surface area contributed by atoms with Crippen molar-refractivity contribution in [3.05, 3.63) is 35.9 Å². The number of nitrogens with one attached hydrogen (secondary N) is 2. The molecular weight excluding hydrogens is 260 g/mol. The van der Waals surface area contributed by atoms with Crippen molar-refractivity contribution in [2.45, 2.75) is 18.9 Å². The molecule has 2 N–H and O–H groups in total. The zero-order chi connectivity index (χ0) is 13.7. The van der Waals surface area contributed by atoms with Gasteiger partial charge in [0.1, 0.15) is 0 Å². The number of piperidine rings is 1. The third-order valence-corrected chi connectivity index (χ3v) is 3.49. The highest BCUT2D eigenvalue weighted by Crippen LogP contribution is 2.27. The monoisotopic (exact) mass is 278 g/mol. The Balaban J connectivity index is 2.04. The van der Waals surface area contributed by atoms with Gasteiger partial charge in [-0.15, -0.1) is 0 Å². The first-order valence-electron chi connectivity index (χ1n) is 6.43. The summed E-state index contributed by atoms with van der Waals surface area (Å²) in [5.41, 5.74) is 1.04. The molecule has 102 valence electrons. The van der Waals surface area contributed by atoms with Crippen LogP contribution in [0.15, 0.2) is 30.3 Å². The summed E-state index contributed by atoms with van der Waals surface area (Å²) < 4.78 is 0. The van der Waals surface area contributed by atoms with Crippen molar-refractivity contribution in [3.8, 4) is 0 Å². The van der Waals surface area contributed by atoms with Crippen LogP contribution in [0.1, 0.15) is 24.4 Å². The Kier molecular flexibility index (Phi) is 4.85. The standard InChI is InChI=1S/C14H18N2O2S/c17-13-9-11(14(18)15-6-7-19)8-12(16-13)10-4-2-1-3-5-10/h1-5,11-12,19H,6-9H2,(H,15,18)(H,16,17)/t11-,12-/m1/s1. The Morgan fingerprint density at radius 1 is 1.37 bits per heavy atom. The van der Waals surface area contributed by atoms with Gasteiger partial charge in [0, 0.05) is 24.6 Å². The second-order valence-corrected chi connectivity index (χ2v) is 5.13. The fraction of sp³-hybridized carbons (Fsp3) is 0.429. The minimum atomic E-state index is -0.251. The molecule has 1 aromatic carbocycles. The van der Waals surface area contributed by atoms with Gasteiger partial charge in [0.25, 0.3) is 0 Å². The molecule has 19 heavy (non-hydrogen) atoms. The van der Waals surface area contributed by atoms with Crippen LogP contribution in [0.25, 0.3) is 0 Å². The number of rotatable bonds is 4. The van der Waals surface area contributed by atoms with Gasteiger partial charge in [0.2, 0.25) is 11.8 Å². The molecule has 0 aliphatic carbocycles. The van der Waals surface area contributed by atoms with Crippen LogP contribution in [0.2, 0.25) is 0 Å². The maximum Gasteiger partial charge on any atom is 0.223 e. The molecular formula is C14H18N2O2S. The molecule has 0 aromatic heterocycles. The SMILES string of the molecule is O=C1C[C@H](C(=O)NCCS)C[C@H](c2ccccc2)N1. The number of thiol groups is 1. The molecule has 1 fully saturated rings. The van der Waals surface area contributed by atoms with Crippen molar-refractivity contribution in [1.29, 1.82) is 0 Å². The lowest BCUT2D eigenvalue weighted by molar-refractivity contribution is -0.133. The highest BCUT2D eigenvalue weighted by molar-refractivity contribution is 7.80. The Hall–Kier alpha value is -1.49. The summed E-state index contributed by atoms with van der Waals surface area (Å²) >= 11 is 4.06. The quantitative estimate of drug-likeness (QED) is 0.727. The fourth-order valence-electron chi connectivity index (χ4n) is 2.33. The number of carbonyl (C=O) groups excluding carboxylic acids is 2. The van der Waals surface area contributed by atoms with Gasteiger partial charge in [0.05, 0.1) is 6.04 Å². The molecule has 5 heteroatoms. The van der Waals surface area contributed by atoms with E-state index in [1.54, 1.807) is 0 Å². The lowest BCUT2D eigenvalue weighted by Gasteiger charge is -2.29. The minimum Gasteiger partial charge on any atom is -0.355 e. The Morgan fingerprint density at radius 2 is 2.11 bits per heavy atom. The second kappa shape index (κ2) is 6.61. The molecule has 1 aliphatic rings. The summed E-state index contributed by atoms with van der Waals surface area (Å²) in [4.78, 5) is 23.7. The first-order valence-corrected chi connectivity index (χ1v) is 7.07. The number of benzene rings is 1. The molecule has 0 saturated carbocycles. The Morgan fingerprint density at radius 3 is 2.79 bits per heavy atom. The first-order chi connectivity index (χ1) is 9.20. The molecule has 0 unspecified atom stereocenters. The molecule has 2 atom stereocenters. The van der Waals surface area contributed by atoms with E-state index in [9.17, 15) is 9.59 Å². The zero-order valence-corrected chi connectivity index (χ0v) is 11.5. The average Bonchev–Trinajstić information content (AvgIpc) is 2.45. The van der Waals surface area contributed by atoms with Crippen molar-refractivity contribution in [3.63, 3.8) is 0 Å². The summed E-state index contributed by atoms with van der Waals surface area (Å²) in [6.07, 6.45) is 0.913. The van der Waals surface area contributed by atoms with E-state index in [2.05, 4.69) is 23.3 Å². The van der Waals surface area contributed by atoms with Crippen LogP contribution >= 0.6 is 12.6 Å². The van der Waals surface area contributed by atoms with E-state index in [0.29, 0.717) is 18.7 Å². The molecule has 0 bridgehead atoms. The van der Waals surface area contributed by atoms with Gasteiger partial charge >= 0.3 is 0 Å². The van der Waals surface area contributed by atoms with Crippen LogP contribution in [-0.4, -0.2) is 24.1 Å². The van der Waals surface area contributed by atoms with Crippen LogP contribution < -0.4 is 10.6 Å². The highest BCUT2D eigenvalue weighted by Gasteiger charge is 2.31. The van der Waals surface area contributed by atoms with Crippen molar-refractivity contribution in [2.24, 2.45) is 5.92 Å². The van der Waals surface area contributed by atoms with Gasteiger partial charge in [-0.25, -0.2) is 0 Å². The van der Waals surface area contributed by atoms with E-state index >= 15 is 0 Å². The summed E-state index contributed by atoms with van der Waals surface area (Å²) in [7, 11) is 0. The van der Waals surface area contributed by atoms with E-state index in [1.165, 1.54) is 0 Å². The highest BCUT2D eigenvalue weighted by atomic mass is 32.1. The van der Waals surface area contributed by atoms with Gasteiger partial charge < -0.3 is 10.6 Å². The summed E-state index contributed by atoms with van der Waals surface area (Å²) in [5, 5.41) is 5.74. The van der Waals surface area contributed by atoms with Crippen molar-refractivity contribution >= 4 is 24.4 Å². The lowest BCUT2D eigenvalue weighted by Crippen LogP contribution is -2.43. The van der Waals surface area contributed by atoms with Crippen molar-refractivity contribution in [1.82, 2.24) is 10.6 Å². The lowest BCUT2D eigenvalue weighted by atomic mass is 9.88. The van der Waals surface area contributed by atoms with E-state index in [-0.39, 0.29) is 30.2 Å². The third-order valence-electron chi connectivity index (χ3n) is 3.27. The van der Waals surface area contributed by atoms with Crippen LogP contribution in [0.3, 0.4) is 0 Å².